The van der Waals surface area contributed by atoms with Crippen molar-refractivity contribution < 1.29 is 0 Å². The molecule has 1 heterocycles. The summed E-state index contributed by atoms with van der Waals surface area (Å²) < 4.78 is 2.30. The second kappa shape index (κ2) is 8.83. The summed E-state index contributed by atoms with van der Waals surface area (Å²) in [7, 11) is 0. The zero-order valence-electron chi connectivity index (χ0n) is 15.5. The lowest BCUT2D eigenvalue weighted by Crippen LogP contribution is -2.16. The van der Waals surface area contributed by atoms with Gasteiger partial charge in [0.2, 0.25) is 0 Å². The first-order valence-corrected chi connectivity index (χ1v) is 10.2. The molecule has 0 radical (unpaired) electrons. The quantitative estimate of drug-likeness (QED) is 0.353. The average molecular weight is 409 g/mol. The lowest BCUT2D eigenvalue weighted by Gasteiger charge is -2.06. The van der Waals surface area contributed by atoms with E-state index in [2.05, 4.69) is 58.5 Å². The predicted molar refractivity (Wildman–Crippen MR) is 119 cm³/mol. The van der Waals surface area contributed by atoms with Gasteiger partial charge in [-0.05, 0) is 60.0 Å². The fourth-order valence-corrected chi connectivity index (χ4v) is 3.87. The predicted octanol–water partition coefficient (Wildman–Crippen LogP) is 6.33. The largest absolute Gasteiger partial charge is 0.343 e. The maximum absolute atomic E-state index is 6.15. The Morgan fingerprint density at radius 2 is 1.61 bits per heavy atom. The Balaban J connectivity index is 1.45. The van der Waals surface area contributed by atoms with Gasteiger partial charge in [0.15, 0.2) is 0 Å². The number of nitrogens with one attached hydrogen (secondary N) is 1. The molecule has 142 valence electrons. The molecule has 0 unspecified atom stereocenters. The molecule has 1 N–H and O–H groups in total. The van der Waals surface area contributed by atoms with Crippen LogP contribution >= 0.6 is 23.2 Å². The molecule has 2 nitrogen and oxygen atoms in total. The summed E-state index contributed by atoms with van der Waals surface area (Å²) in [5.41, 5.74) is 5.06. The number of hydrogen-bond acceptors (Lipinski definition) is 1. The first-order chi connectivity index (χ1) is 13.7. The monoisotopic (exact) mass is 408 g/mol. The lowest BCUT2D eigenvalue weighted by molar-refractivity contribution is 0.686. The van der Waals surface area contributed by atoms with E-state index in [9.17, 15) is 0 Å². The number of aromatic nitrogens is 1. The van der Waals surface area contributed by atoms with Crippen molar-refractivity contribution in [2.24, 2.45) is 0 Å². The first-order valence-electron chi connectivity index (χ1n) is 9.45. The Morgan fingerprint density at radius 1 is 0.786 bits per heavy atom. The SMILES string of the molecule is Clc1ccc(CCNCc2cn(Cc3cccc(Cl)c3)c3ccccc23)cc1. The number of nitrogens with zero attached hydrogens (tertiary/aromatic N) is 1. The molecule has 0 saturated heterocycles. The van der Waals surface area contributed by atoms with E-state index in [0.717, 1.165) is 36.1 Å². The molecule has 0 amide bonds. The molecule has 4 heteroatoms. The third kappa shape index (κ3) is 4.59. The lowest BCUT2D eigenvalue weighted by atomic mass is 10.1. The highest BCUT2D eigenvalue weighted by Crippen LogP contribution is 2.23. The normalized spacial score (nSPS) is 11.2. The van der Waals surface area contributed by atoms with Gasteiger partial charge in [0.1, 0.15) is 0 Å². The molecule has 0 saturated carbocycles. The molecule has 4 rings (SSSR count). The molecular formula is C24H22Cl2N2. The van der Waals surface area contributed by atoms with E-state index < -0.39 is 0 Å². The second-order valence-corrected chi connectivity index (χ2v) is 7.86. The van der Waals surface area contributed by atoms with E-state index in [1.807, 2.05) is 30.3 Å². The average Bonchev–Trinajstić information content (AvgIpc) is 3.04. The molecule has 0 spiro atoms. The fourth-order valence-electron chi connectivity index (χ4n) is 3.53. The zero-order chi connectivity index (χ0) is 19.3. The Kier molecular flexibility index (Phi) is 6.01. The van der Waals surface area contributed by atoms with Gasteiger partial charge in [0.25, 0.3) is 0 Å². The molecular weight excluding hydrogens is 387 g/mol. The third-order valence-corrected chi connectivity index (χ3v) is 5.42. The zero-order valence-corrected chi connectivity index (χ0v) is 17.0. The number of halogens is 2. The van der Waals surface area contributed by atoms with E-state index in [4.69, 9.17) is 23.2 Å². The van der Waals surface area contributed by atoms with Crippen molar-refractivity contribution in [2.45, 2.75) is 19.5 Å². The summed E-state index contributed by atoms with van der Waals surface area (Å²) in [5, 5.41) is 6.43. The molecule has 1 aromatic heterocycles. The van der Waals surface area contributed by atoms with Gasteiger partial charge in [-0.15, -0.1) is 0 Å². The standard InChI is InChI=1S/C24H22Cl2N2/c25-21-10-8-18(9-11-21)12-13-27-15-20-17-28(24-7-2-1-6-23(20)24)16-19-4-3-5-22(26)14-19/h1-11,14,17,27H,12-13,15-16H2. The molecule has 0 aliphatic carbocycles. The maximum atomic E-state index is 6.15. The van der Waals surface area contributed by atoms with Gasteiger partial charge < -0.3 is 9.88 Å². The topological polar surface area (TPSA) is 17.0 Å². The van der Waals surface area contributed by atoms with Gasteiger partial charge in [-0.2, -0.15) is 0 Å². The minimum atomic E-state index is 0.776. The number of para-hydroxylation sites is 1. The Morgan fingerprint density at radius 3 is 2.43 bits per heavy atom. The van der Waals surface area contributed by atoms with Gasteiger partial charge in [-0.3, -0.25) is 0 Å². The number of benzene rings is 3. The van der Waals surface area contributed by atoms with Crippen molar-refractivity contribution in [1.29, 1.82) is 0 Å². The second-order valence-electron chi connectivity index (χ2n) is 6.98. The van der Waals surface area contributed by atoms with Gasteiger partial charge >= 0.3 is 0 Å². The summed E-state index contributed by atoms with van der Waals surface area (Å²) in [5.74, 6) is 0. The maximum Gasteiger partial charge on any atom is 0.0486 e. The van der Waals surface area contributed by atoms with Gasteiger partial charge in [0, 0.05) is 40.2 Å². The van der Waals surface area contributed by atoms with Crippen LogP contribution in [0.4, 0.5) is 0 Å². The minimum absolute atomic E-state index is 0.776. The van der Waals surface area contributed by atoms with Crippen LogP contribution in [0.15, 0.2) is 79.0 Å². The van der Waals surface area contributed by atoms with Crippen LogP contribution in [0, 0.1) is 0 Å². The van der Waals surface area contributed by atoms with Crippen LogP contribution in [0.1, 0.15) is 16.7 Å². The van der Waals surface area contributed by atoms with Crippen molar-refractivity contribution in [1.82, 2.24) is 9.88 Å². The molecule has 0 bridgehead atoms. The summed E-state index contributed by atoms with van der Waals surface area (Å²) >= 11 is 12.1. The Labute approximate surface area is 175 Å². The van der Waals surface area contributed by atoms with Gasteiger partial charge in [-0.25, -0.2) is 0 Å². The van der Waals surface area contributed by atoms with Crippen molar-refractivity contribution in [3.05, 3.63) is 106 Å². The molecule has 0 aliphatic rings. The number of hydrogen-bond donors (Lipinski definition) is 1. The highest BCUT2D eigenvalue weighted by molar-refractivity contribution is 6.30. The highest BCUT2D eigenvalue weighted by atomic mass is 35.5. The van der Waals surface area contributed by atoms with Crippen LogP contribution in [0.25, 0.3) is 10.9 Å². The van der Waals surface area contributed by atoms with Gasteiger partial charge in [-0.1, -0.05) is 65.7 Å². The number of rotatable bonds is 7. The molecule has 0 aliphatic heterocycles. The van der Waals surface area contributed by atoms with Crippen LogP contribution in [0.5, 0.6) is 0 Å². The van der Waals surface area contributed by atoms with Crippen molar-refractivity contribution in [3.8, 4) is 0 Å². The van der Waals surface area contributed by atoms with Crippen molar-refractivity contribution in [2.75, 3.05) is 6.54 Å². The molecule has 3 aromatic carbocycles. The van der Waals surface area contributed by atoms with E-state index in [1.54, 1.807) is 0 Å². The molecule has 28 heavy (non-hydrogen) atoms. The van der Waals surface area contributed by atoms with Crippen molar-refractivity contribution >= 4 is 34.1 Å². The molecule has 4 aromatic rings. The smallest absolute Gasteiger partial charge is 0.0486 e. The van der Waals surface area contributed by atoms with Gasteiger partial charge in [0.05, 0.1) is 0 Å². The minimum Gasteiger partial charge on any atom is -0.343 e. The Hall–Kier alpha value is -2.26. The van der Waals surface area contributed by atoms with E-state index >= 15 is 0 Å². The number of fused-ring (bicyclic) bond motifs is 1. The first kappa shape index (κ1) is 19.1. The summed E-state index contributed by atoms with van der Waals surface area (Å²) in [6, 6.07) is 24.7. The van der Waals surface area contributed by atoms with Crippen LogP contribution in [-0.4, -0.2) is 11.1 Å². The molecule has 0 fully saturated rings. The molecule has 0 atom stereocenters. The summed E-state index contributed by atoms with van der Waals surface area (Å²) in [6.45, 7) is 2.58. The Bertz CT molecular complexity index is 1070. The van der Waals surface area contributed by atoms with E-state index in [0.29, 0.717) is 0 Å². The highest BCUT2D eigenvalue weighted by Gasteiger charge is 2.08. The van der Waals surface area contributed by atoms with Crippen LogP contribution in [0.2, 0.25) is 10.0 Å². The van der Waals surface area contributed by atoms with E-state index in [1.165, 1.54) is 27.6 Å². The van der Waals surface area contributed by atoms with Crippen LogP contribution < -0.4 is 5.32 Å². The fraction of sp³-hybridized carbons (Fsp3) is 0.167. The summed E-state index contributed by atoms with van der Waals surface area (Å²) in [4.78, 5) is 0. The van der Waals surface area contributed by atoms with Crippen LogP contribution in [-0.2, 0) is 19.5 Å². The summed E-state index contributed by atoms with van der Waals surface area (Å²) in [6.07, 6.45) is 3.24. The van der Waals surface area contributed by atoms with E-state index in [-0.39, 0.29) is 0 Å². The third-order valence-electron chi connectivity index (χ3n) is 4.93. The van der Waals surface area contributed by atoms with Crippen LogP contribution in [0.3, 0.4) is 0 Å². The van der Waals surface area contributed by atoms with Crippen molar-refractivity contribution in [3.63, 3.8) is 0 Å².